The number of ether oxygens (including phenoxy) is 4. The first kappa shape index (κ1) is 33.9. The quantitative estimate of drug-likeness (QED) is 0.126. The van der Waals surface area contributed by atoms with Gasteiger partial charge >= 0.3 is 12.4 Å². The number of imidazole rings is 1. The van der Waals surface area contributed by atoms with Crippen LogP contribution in [0.4, 0.5) is 30.7 Å². The summed E-state index contributed by atoms with van der Waals surface area (Å²) >= 11 is 0. The smallest absolute Gasteiger partial charge is 0.422 e. The Labute approximate surface area is 266 Å². The SMILES string of the molecule is CCCCn1c(CN(Cc2ccc3c(c2)OCO3)Cc2cc(OCC(F)(F)F)ccc2OCC(F)(F)F)cnc1-c1ccc(F)cc1. The van der Waals surface area contributed by atoms with Crippen molar-refractivity contribution in [1.82, 2.24) is 14.5 Å². The number of rotatable bonds is 14. The van der Waals surface area contributed by atoms with Crippen LogP contribution < -0.4 is 18.9 Å². The van der Waals surface area contributed by atoms with Gasteiger partial charge in [-0.25, -0.2) is 9.37 Å². The minimum atomic E-state index is -4.64. The number of aromatic nitrogens is 2. The van der Waals surface area contributed by atoms with Crippen LogP contribution in [0.2, 0.25) is 0 Å². The molecular weight excluding hydrogens is 635 g/mol. The van der Waals surface area contributed by atoms with E-state index in [0.717, 1.165) is 30.2 Å². The van der Waals surface area contributed by atoms with Crippen molar-refractivity contribution >= 4 is 0 Å². The van der Waals surface area contributed by atoms with E-state index < -0.39 is 25.6 Å². The summed E-state index contributed by atoms with van der Waals surface area (Å²) in [5.41, 5.74) is 2.44. The topological polar surface area (TPSA) is 58.0 Å². The van der Waals surface area contributed by atoms with Gasteiger partial charge in [0.1, 0.15) is 23.1 Å². The molecule has 47 heavy (non-hydrogen) atoms. The second-order valence-electron chi connectivity index (χ2n) is 11.0. The molecule has 3 aromatic carbocycles. The average Bonchev–Trinajstić information content (AvgIpc) is 3.64. The first-order valence-electron chi connectivity index (χ1n) is 14.8. The summed E-state index contributed by atoms with van der Waals surface area (Å²) in [6.07, 6.45) is -5.88. The van der Waals surface area contributed by atoms with E-state index in [2.05, 4.69) is 4.98 Å². The number of halogens is 7. The molecule has 0 bridgehead atoms. The lowest BCUT2D eigenvalue weighted by atomic mass is 10.1. The van der Waals surface area contributed by atoms with Gasteiger partial charge in [0.2, 0.25) is 6.79 Å². The standard InChI is InChI=1S/C33H32F7N3O4/c1-2-3-12-43-26(15-41-31(43)23-5-7-25(34)8-6-23)18-42(16-22-4-10-29-30(13-22)47-21-46-29)17-24-14-27(44-19-32(35,36)37)9-11-28(24)45-20-33(38,39)40/h4-11,13-15H,2-3,12,16-21H2,1H3. The monoisotopic (exact) mass is 667 g/mol. The fourth-order valence-corrected chi connectivity index (χ4v) is 5.10. The number of nitrogens with zero attached hydrogens (tertiary/aromatic N) is 3. The van der Waals surface area contributed by atoms with Crippen LogP contribution in [0.5, 0.6) is 23.0 Å². The Morgan fingerprint density at radius 3 is 2.28 bits per heavy atom. The van der Waals surface area contributed by atoms with Crippen molar-refractivity contribution in [2.75, 3.05) is 20.0 Å². The molecule has 0 spiro atoms. The summed E-state index contributed by atoms with van der Waals surface area (Å²) in [7, 11) is 0. The zero-order chi connectivity index (χ0) is 33.6. The number of benzene rings is 3. The van der Waals surface area contributed by atoms with Crippen LogP contribution in [0.25, 0.3) is 11.4 Å². The van der Waals surface area contributed by atoms with E-state index in [1.165, 1.54) is 24.3 Å². The highest BCUT2D eigenvalue weighted by molar-refractivity contribution is 5.56. The third-order valence-electron chi connectivity index (χ3n) is 7.22. The first-order chi connectivity index (χ1) is 22.4. The maximum Gasteiger partial charge on any atom is 0.422 e. The Hall–Kier alpha value is -4.46. The van der Waals surface area contributed by atoms with Crippen LogP contribution >= 0.6 is 0 Å². The predicted octanol–water partition coefficient (Wildman–Crippen LogP) is 8.30. The van der Waals surface area contributed by atoms with Gasteiger partial charge in [0.05, 0.1) is 11.9 Å². The van der Waals surface area contributed by atoms with Crippen molar-refractivity contribution in [3.8, 4) is 34.4 Å². The molecule has 0 aliphatic carbocycles. The summed E-state index contributed by atoms with van der Waals surface area (Å²) in [5, 5.41) is 0. The largest absolute Gasteiger partial charge is 0.484 e. The highest BCUT2D eigenvalue weighted by Gasteiger charge is 2.30. The second-order valence-corrected chi connectivity index (χ2v) is 11.0. The lowest BCUT2D eigenvalue weighted by Gasteiger charge is -2.25. The van der Waals surface area contributed by atoms with Crippen molar-refractivity contribution in [3.63, 3.8) is 0 Å². The molecule has 0 unspecified atom stereocenters. The second kappa shape index (κ2) is 14.5. The van der Waals surface area contributed by atoms with Gasteiger partial charge < -0.3 is 23.5 Å². The van der Waals surface area contributed by atoms with E-state index in [-0.39, 0.29) is 49.3 Å². The van der Waals surface area contributed by atoms with Gasteiger partial charge in [-0.15, -0.1) is 0 Å². The fourth-order valence-electron chi connectivity index (χ4n) is 5.10. The zero-order valence-electron chi connectivity index (χ0n) is 25.3. The van der Waals surface area contributed by atoms with Gasteiger partial charge in [-0.3, -0.25) is 4.90 Å². The predicted molar refractivity (Wildman–Crippen MR) is 158 cm³/mol. The van der Waals surface area contributed by atoms with E-state index in [9.17, 15) is 30.7 Å². The van der Waals surface area contributed by atoms with Crippen LogP contribution in [0, 0.1) is 5.82 Å². The summed E-state index contributed by atoms with van der Waals surface area (Å²) in [4.78, 5) is 6.52. The van der Waals surface area contributed by atoms with Gasteiger partial charge in [-0.1, -0.05) is 19.4 Å². The van der Waals surface area contributed by atoms with Crippen LogP contribution in [0.1, 0.15) is 36.6 Å². The third kappa shape index (κ3) is 9.53. The van der Waals surface area contributed by atoms with Gasteiger partial charge in [0.25, 0.3) is 0 Å². The molecule has 14 heteroatoms. The van der Waals surface area contributed by atoms with Crippen molar-refractivity contribution in [2.24, 2.45) is 0 Å². The molecule has 5 rings (SSSR count). The Balaban J connectivity index is 1.51. The highest BCUT2D eigenvalue weighted by atomic mass is 19.4. The van der Waals surface area contributed by atoms with Crippen LogP contribution in [0.3, 0.4) is 0 Å². The average molecular weight is 668 g/mol. The van der Waals surface area contributed by atoms with E-state index in [4.69, 9.17) is 18.9 Å². The van der Waals surface area contributed by atoms with Crippen molar-refractivity contribution in [3.05, 3.63) is 89.5 Å². The number of unbranched alkanes of at least 4 members (excludes halogenated alkanes) is 1. The maximum atomic E-state index is 13.7. The van der Waals surface area contributed by atoms with E-state index >= 15 is 0 Å². The van der Waals surface area contributed by atoms with E-state index in [0.29, 0.717) is 29.4 Å². The normalized spacial score (nSPS) is 13.0. The van der Waals surface area contributed by atoms with E-state index in [1.54, 1.807) is 30.5 Å². The highest BCUT2D eigenvalue weighted by Crippen LogP contribution is 2.34. The van der Waals surface area contributed by atoms with Crippen molar-refractivity contribution in [1.29, 1.82) is 0 Å². The summed E-state index contributed by atoms with van der Waals surface area (Å²) < 4.78 is 115. The van der Waals surface area contributed by atoms with Gasteiger partial charge in [-0.2, -0.15) is 26.3 Å². The lowest BCUT2D eigenvalue weighted by Crippen LogP contribution is -2.25. The molecule has 1 aliphatic rings. The first-order valence-corrected chi connectivity index (χ1v) is 14.8. The third-order valence-corrected chi connectivity index (χ3v) is 7.22. The molecule has 0 fully saturated rings. The van der Waals surface area contributed by atoms with Gasteiger partial charge in [0, 0.05) is 37.3 Å². The van der Waals surface area contributed by atoms with Crippen LogP contribution in [-0.2, 0) is 26.2 Å². The molecule has 2 heterocycles. The Morgan fingerprint density at radius 2 is 1.55 bits per heavy atom. The van der Waals surface area contributed by atoms with Crippen molar-refractivity contribution in [2.45, 2.75) is 58.3 Å². The number of hydrogen-bond acceptors (Lipinski definition) is 6. The number of fused-ring (bicyclic) bond motifs is 1. The molecular formula is C33H32F7N3O4. The minimum absolute atomic E-state index is 0.0321. The molecule has 0 radical (unpaired) electrons. The van der Waals surface area contributed by atoms with Crippen LogP contribution in [0.15, 0.2) is 66.9 Å². The lowest BCUT2D eigenvalue weighted by molar-refractivity contribution is -0.154. The maximum absolute atomic E-state index is 13.7. The molecule has 0 saturated heterocycles. The number of alkyl halides is 6. The molecule has 0 amide bonds. The van der Waals surface area contributed by atoms with E-state index in [1.807, 2.05) is 22.5 Å². The molecule has 7 nitrogen and oxygen atoms in total. The molecule has 0 N–H and O–H groups in total. The zero-order valence-corrected chi connectivity index (χ0v) is 25.3. The van der Waals surface area contributed by atoms with Crippen LogP contribution in [-0.4, -0.2) is 46.8 Å². The van der Waals surface area contributed by atoms with Gasteiger partial charge in [-0.05, 0) is 66.6 Å². The molecule has 0 saturated carbocycles. The number of hydrogen-bond donors (Lipinski definition) is 0. The minimum Gasteiger partial charge on any atom is -0.484 e. The fraction of sp³-hybridized carbons (Fsp3) is 0.364. The molecule has 0 atom stereocenters. The summed E-state index contributed by atoms with van der Waals surface area (Å²) in [6, 6.07) is 14.9. The Kier molecular flexibility index (Phi) is 10.5. The summed E-state index contributed by atoms with van der Waals surface area (Å²) in [5.74, 6) is 1.01. The summed E-state index contributed by atoms with van der Waals surface area (Å²) in [6.45, 7) is 0.000274. The van der Waals surface area contributed by atoms with Gasteiger partial charge in [0.15, 0.2) is 24.7 Å². The Bertz CT molecular complexity index is 1640. The van der Waals surface area contributed by atoms with Crippen molar-refractivity contribution < 1.29 is 49.7 Å². The Morgan fingerprint density at radius 1 is 0.830 bits per heavy atom. The molecule has 1 aromatic heterocycles. The molecule has 1 aliphatic heterocycles. The molecule has 252 valence electrons. The molecule has 4 aromatic rings.